The number of carbonyl (C=O) groups is 2. The first-order valence-electron chi connectivity index (χ1n) is 12.4. The van der Waals surface area contributed by atoms with Gasteiger partial charge < -0.3 is 10.2 Å². The zero-order chi connectivity index (χ0) is 29.6. The van der Waals surface area contributed by atoms with Crippen LogP contribution in [0.3, 0.4) is 0 Å². The number of rotatable bonds is 11. The highest BCUT2D eigenvalue weighted by atomic mass is 35.5. The van der Waals surface area contributed by atoms with Crippen LogP contribution < -0.4 is 9.62 Å². The van der Waals surface area contributed by atoms with Crippen LogP contribution in [0, 0.1) is 0 Å². The molecule has 0 aliphatic carbocycles. The Kier molecular flexibility index (Phi) is 11.1. The number of benzene rings is 3. The van der Waals surface area contributed by atoms with Crippen molar-refractivity contribution < 1.29 is 18.0 Å². The maximum Gasteiger partial charge on any atom is 0.264 e. The molecule has 3 aromatic rings. The average Bonchev–Trinajstić information content (AvgIpc) is 2.90. The van der Waals surface area contributed by atoms with Crippen LogP contribution in [-0.4, -0.2) is 43.8 Å². The number of hydrogen-bond donors (Lipinski definition) is 1. The highest BCUT2D eigenvalue weighted by molar-refractivity contribution is 7.92. The van der Waals surface area contributed by atoms with Crippen molar-refractivity contribution in [3.05, 3.63) is 92.4 Å². The Labute approximate surface area is 255 Å². The van der Waals surface area contributed by atoms with E-state index in [2.05, 4.69) is 5.32 Å². The summed E-state index contributed by atoms with van der Waals surface area (Å²) in [6.45, 7) is 4.72. The van der Waals surface area contributed by atoms with E-state index in [1.165, 1.54) is 41.3 Å². The Morgan fingerprint density at radius 3 is 2.12 bits per heavy atom. The van der Waals surface area contributed by atoms with E-state index in [1.807, 2.05) is 13.8 Å². The highest BCUT2D eigenvalue weighted by Crippen LogP contribution is 2.31. The first-order valence-corrected chi connectivity index (χ1v) is 15.4. The minimum Gasteiger partial charge on any atom is -0.352 e. The second-order valence-corrected chi connectivity index (χ2v) is 12.8. The molecule has 0 spiro atoms. The van der Waals surface area contributed by atoms with Gasteiger partial charge in [-0.3, -0.25) is 13.9 Å². The van der Waals surface area contributed by atoms with Crippen molar-refractivity contribution >= 4 is 73.9 Å². The summed E-state index contributed by atoms with van der Waals surface area (Å²) in [6.07, 6.45) is 0.272. The number of carbonyl (C=O) groups excluding carboxylic acids is 2. The predicted octanol–water partition coefficient (Wildman–Crippen LogP) is 6.83. The van der Waals surface area contributed by atoms with E-state index in [4.69, 9.17) is 46.4 Å². The second-order valence-electron chi connectivity index (χ2n) is 9.27. The molecule has 0 bridgehead atoms. The number of halogens is 4. The van der Waals surface area contributed by atoms with Crippen LogP contribution in [0.25, 0.3) is 0 Å². The van der Waals surface area contributed by atoms with Gasteiger partial charge in [0.15, 0.2) is 0 Å². The Hall–Kier alpha value is -2.49. The fourth-order valence-electron chi connectivity index (χ4n) is 4.02. The minimum atomic E-state index is -4.23. The fourth-order valence-corrected chi connectivity index (χ4v) is 6.21. The highest BCUT2D eigenvalue weighted by Gasteiger charge is 2.34. The van der Waals surface area contributed by atoms with Crippen LogP contribution in [0.15, 0.2) is 71.6 Å². The van der Waals surface area contributed by atoms with Crippen molar-refractivity contribution in [2.24, 2.45) is 0 Å². The van der Waals surface area contributed by atoms with E-state index in [0.717, 1.165) is 4.31 Å². The largest absolute Gasteiger partial charge is 0.352 e. The van der Waals surface area contributed by atoms with Crippen LogP contribution in [0.1, 0.15) is 32.8 Å². The fraction of sp³-hybridized carbons (Fsp3) is 0.286. The van der Waals surface area contributed by atoms with Gasteiger partial charge in [-0.1, -0.05) is 77.6 Å². The molecule has 1 N–H and O–H groups in total. The van der Waals surface area contributed by atoms with Crippen LogP contribution in [0.4, 0.5) is 5.69 Å². The topological polar surface area (TPSA) is 86.8 Å². The van der Waals surface area contributed by atoms with Gasteiger partial charge in [-0.05, 0) is 68.3 Å². The van der Waals surface area contributed by atoms with E-state index < -0.39 is 28.5 Å². The predicted molar refractivity (Wildman–Crippen MR) is 162 cm³/mol. The summed E-state index contributed by atoms with van der Waals surface area (Å²) >= 11 is 24.8. The van der Waals surface area contributed by atoms with Gasteiger partial charge in [0.05, 0.1) is 20.6 Å². The Morgan fingerprint density at radius 2 is 1.55 bits per heavy atom. The van der Waals surface area contributed by atoms with Gasteiger partial charge >= 0.3 is 0 Å². The zero-order valence-electron chi connectivity index (χ0n) is 22.1. The monoisotopic (exact) mass is 643 g/mol. The first kappa shape index (κ1) is 32.0. The van der Waals surface area contributed by atoms with Gasteiger partial charge in [-0.15, -0.1) is 0 Å². The van der Waals surface area contributed by atoms with Crippen LogP contribution in [0.2, 0.25) is 20.1 Å². The molecule has 0 radical (unpaired) electrons. The van der Waals surface area contributed by atoms with Gasteiger partial charge in [0, 0.05) is 22.6 Å². The number of nitrogens with zero attached hydrogens (tertiary/aromatic N) is 2. The van der Waals surface area contributed by atoms with Gasteiger partial charge in [0.1, 0.15) is 12.6 Å². The molecule has 0 aliphatic rings. The minimum absolute atomic E-state index is 0.0224. The van der Waals surface area contributed by atoms with E-state index >= 15 is 0 Å². The molecule has 40 heavy (non-hydrogen) atoms. The molecule has 7 nitrogen and oxygen atoms in total. The van der Waals surface area contributed by atoms with E-state index in [-0.39, 0.29) is 45.5 Å². The lowest BCUT2D eigenvalue weighted by Crippen LogP contribution is -2.53. The molecule has 0 unspecified atom stereocenters. The molecule has 214 valence electrons. The van der Waals surface area contributed by atoms with Crippen molar-refractivity contribution in [3.8, 4) is 0 Å². The maximum atomic E-state index is 14.0. The van der Waals surface area contributed by atoms with Crippen LogP contribution in [-0.2, 0) is 26.2 Å². The van der Waals surface area contributed by atoms with E-state index in [0.29, 0.717) is 15.6 Å². The normalized spacial score (nSPS) is 12.2. The number of amides is 2. The summed E-state index contributed by atoms with van der Waals surface area (Å²) in [6, 6.07) is 15.8. The van der Waals surface area contributed by atoms with Gasteiger partial charge in [-0.2, -0.15) is 0 Å². The Balaban J connectivity index is 2.10. The average molecular weight is 645 g/mol. The van der Waals surface area contributed by atoms with E-state index in [1.54, 1.807) is 37.3 Å². The molecule has 0 saturated heterocycles. The smallest absolute Gasteiger partial charge is 0.264 e. The number of nitrogens with one attached hydrogen (secondary N) is 1. The standard InChI is InChI=1S/C28H29Cl4N3O4S/c1-4-26(28(37)33-18(2)3)34(16-19-10-11-20(29)14-24(19)31)27(36)17-35(21-12-13-23(30)25(32)15-21)40(38,39)22-8-6-5-7-9-22/h5-15,18,26H,4,16-17H2,1-3H3,(H,33,37)/t26-/m1/s1. The van der Waals surface area contributed by atoms with Crippen molar-refractivity contribution in [1.82, 2.24) is 10.2 Å². The molecule has 1 atom stereocenters. The van der Waals surface area contributed by atoms with Gasteiger partial charge in [-0.25, -0.2) is 8.42 Å². The van der Waals surface area contributed by atoms with E-state index in [9.17, 15) is 18.0 Å². The molecule has 0 aromatic heterocycles. The number of anilines is 1. The van der Waals surface area contributed by atoms with Crippen molar-refractivity contribution in [1.29, 1.82) is 0 Å². The Bertz CT molecular complexity index is 1470. The summed E-state index contributed by atoms with van der Waals surface area (Å²) in [5, 5.41) is 3.91. The molecule has 3 rings (SSSR count). The third kappa shape index (κ3) is 7.83. The lowest BCUT2D eigenvalue weighted by atomic mass is 10.1. The summed E-state index contributed by atoms with van der Waals surface area (Å²) < 4.78 is 28.6. The van der Waals surface area contributed by atoms with Gasteiger partial charge in [0.25, 0.3) is 10.0 Å². The van der Waals surface area contributed by atoms with Crippen molar-refractivity contribution in [3.63, 3.8) is 0 Å². The second kappa shape index (κ2) is 13.9. The molecule has 0 aliphatic heterocycles. The van der Waals surface area contributed by atoms with Crippen LogP contribution >= 0.6 is 46.4 Å². The molecule has 12 heteroatoms. The molecule has 0 fully saturated rings. The summed E-state index contributed by atoms with van der Waals surface area (Å²) in [7, 11) is -4.23. The third-order valence-corrected chi connectivity index (χ3v) is 9.09. The van der Waals surface area contributed by atoms with Crippen LogP contribution in [0.5, 0.6) is 0 Å². The lowest BCUT2D eigenvalue weighted by molar-refractivity contribution is -0.140. The van der Waals surface area contributed by atoms with Crippen molar-refractivity contribution in [2.75, 3.05) is 10.8 Å². The molecule has 2 amide bonds. The molecule has 0 heterocycles. The SMILES string of the molecule is CC[C@H](C(=O)NC(C)C)N(Cc1ccc(Cl)cc1Cl)C(=O)CN(c1ccc(Cl)c(Cl)c1)S(=O)(=O)c1ccccc1. The maximum absolute atomic E-state index is 14.0. The summed E-state index contributed by atoms with van der Waals surface area (Å²) in [5.74, 6) is -0.995. The third-order valence-electron chi connectivity index (χ3n) is 5.97. The molecule has 3 aromatic carbocycles. The number of sulfonamides is 1. The number of hydrogen-bond acceptors (Lipinski definition) is 4. The quantitative estimate of drug-likeness (QED) is 0.248. The zero-order valence-corrected chi connectivity index (χ0v) is 25.9. The first-order chi connectivity index (χ1) is 18.8. The molecule has 0 saturated carbocycles. The molecular weight excluding hydrogens is 616 g/mol. The lowest BCUT2D eigenvalue weighted by Gasteiger charge is -2.33. The van der Waals surface area contributed by atoms with Gasteiger partial charge in [0.2, 0.25) is 11.8 Å². The molecular formula is C28H29Cl4N3O4S. The summed E-state index contributed by atoms with van der Waals surface area (Å²) in [5.41, 5.74) is 0.679. The Morgan fingerprint density at radius 1 is 0.875 bits per heavy atom. The summed E-state index contributed by atoms with van der Waals surface area (Å²) in [4.78, 5) is 28.5. The van der Waals surface area contributed by atoms with Crippen molar-refractivity contribution in [2.45, 2.75) is 50.7 Å².